The second-order valence-corrected chi connectivity index (χ2v) is 13.0. The zero-order valence-electron chi connectivity index (χ0n) is 32.1. The van der Waals surface area contributed by atoms with E-state index in [4.69, 9.17) is 5.11 Å². The maximum absolute atomic E-state index is 8.75. The Kier molecular flexibility index (Phi) is 70.3. The molecule has 0 aromatic rings. The van der Waals surface area contributed by atoms with Crippen LogP contribution in [0.3, 0.4) is 0 Å². The van der Waals surface area contributed by atoms with Gasteiger partial charge in [-0.05, 0) is 12.3 Å². The smallest absolute Gasteiger partial charge is 1.00 e. The minimum Gasteiger partial charge on any atom is -1.00 e. The molecule has 5 heteroatoms. The molecule has 0 saturated heterocycles. The van der Waals surface area contributed by atoms with Crippen molar-refractivity contribution in [1.29, 1.82) is 0 Å². The Balaban J connectivity index is -0.000000182. The topological polar surface area (TPSA) is 48.4 Å². The average molecular weight is 694 g/mol. The van der Waals surface area contributed by atoms with Crippen molar-refractivity contribution in [2.75, 3.05) is 32.8 Å². The van der Waals surface area contributed by atoms with Crippen LogP contribution in [0.15, 0.2) is 0 Å². The molecule has 0 aromatic heterocycles. The van der Waals surface area contributed by atoms with E-state index in [2.05, 4.69) is 52.2 Å². The van der Waals surface area contributed by atoms with Crippen LogP contribution in [0, 0.1) is 5.92 Å². The van der Waals surface area contributed by atoms with Gasteiger partial charge >= 0.3 is 21.7 Å². The molecule has 45 heavy (non-hydrogen) atoms. The van der Waals surface area contributed by atoms with E-state index in [1.54, 1.807) is 0 Å². The molecule has 1 radical (unpaired) electrons. The van der Waals surface area contributed by atoms with Gasteiger partial charge in [0, 0.05) is 6.61 Å². The summed E-state index contributed by atoms with van der Waals surface area (Å²) in [6.45, 7) is 18.2. The first kappa shape index (κ1) is 55.3. The summed E-state index contributed by atoms with van der Waals surface area (Å²) < 4.78 is 0. The van der Waals surface area contributed by atoms with Crippen molar-refractivity contribution in [3.63, 3.8) is 0 Å². The maximum atomic E-state index is 8.75. The Morgan fingerprint density at radius 3 is 0.844 bits per heavy atom. The van der Waals surface area contributed by atoms with Crippen LogP contribution in [0.2, 0.25) is 0 Å². The minimum atomic E-state index is 0. The second-order valence-electron chi connectivity index (χ2n) is 13.0. The molecule has 0 rings (SSSR count). The zero-order chi connectivity index (χ0) is 32.3. The molecular weight excluding hydrogens is 608 g/mol. The molecule has 0 amide bonds. The molecule has 3 nitrogen and oxygen atoms in total. The van der Waals surface area contributed by atoms with Crippen LogP contribution >= 0.6 is 0 Å². The summed E-state index contributed by atoms with van der Waals surface area (Å²) >= 11 is 0. The molecule has 1 unspecified atom stereocenters. The van der Waals surface area contributed by atoms with Crippen LogP contribution in [-0.4, -0.2) is 37.9 Å². The van der Waals surface area contributed by atoms with Gasteiger partial charge in [0.25, 0.3) is 0 Å². The molecular formula is C40H86ClN2OTi. The van der Waals surface area contributed by atoms with Gasteiger partial charge in [0.05, 0.1) is 0 Å². The molecule has 1 N–H and O–H groups in total. The molecule has 0 fully saturated rings. The van der Waals surface area contributed by atoms with Gasteiger partial charge in [0.1, 0.15) is 0 Å². The summed E-state index contributed by atoms with van der Waals surface area (Å²) in [5.74, 6) is 0.560. The van der Waals surface area contributed by atoms with Crippen molar-refractivity contribution in [2.24, 2.45) is 5.92 Å². The molecule has 0 aliphatic carbocycles. The number of nitrogens with zero attached hydrogens (tertiary/aromatic N) is 2. The first-order valence-corrected chi connectivity index (χ1v) is 20.0. The van der Waals surface area contributed by atoms with Crippen molar-refractivity contribution in [3.05, 3.63) is 10.6 Å². The quantitative estimate of drug-likeness (QED) is 0.0540. The fraction of sp³-hybridized carbons (Fsp3) is 1.00. The average Bonchev–Trinajstić information content (AvgIpc) is 3.03. The Morgan fingerprint density at radius 2 is 0.622 bits per heavy atom. The Hall–Kier alpha value is 0.884. The molecule has 0 aliphatic rings. The molecule has 0 aromatic carbocycles. The maximum Gasteiger partial charge on any atom is 3.00 e. The number of unbranched alkanes of at least 4 members (excludes halogenated alkanes) is 21. The van der Waals surface area contributed by atoms with E-state index in [-0.39, 0.29) is 34.1 Å². The van der Waals surface area contributed by atoms with E-state index in [1.807, 2.05) is 0 Å². The van der Waals surface area contributed by atoms with Crippen LogP contribution in [0.1, 0.15) is 221 Å². The standard InChI is InChI=1S/2C16H34N.C8H18O.ClH.Ti/c2*1-3-5-7-9-11-13-15-17-16-14-12-10-8-6-4-2;1-3-5-6-8(4-2)7-9;;/h2*3-16H2,1-2H3;8-9H,3-7H2,1-2H3;1H;/q2*-1;;;+3/p-1. The van der Waals surface area contributed by atoms with Crippen molar-refractivity contribution in [3.8, 4) is 0 Å². The summed E-state index contributed by atoms with van der Waals surface area (Å²) in [7, 11) is 0. The number of halogens is 1. The van der Waals surface area contributed by atoms with Gasteiger partial charge < -0.3 is 28.1 Å². The molecule has 0 bridgehead atoms. The van der Waals surface area contributed by atoms with Gasteiger partial charge in [0.15, 0.2) is 0 Å². The van der Waals surface area contributed by atoms with Crippen LogP contribution in [-0.2, 0) is 21.7 Å². The van der Waals surface area contributed by atoms with Crippen molar-refractivity contribution < 1.29 is 39.2 Å². The summed E-state index contributed by atoms with van der Waals surface area (Å²) in [6, 6.07) is 0. The van der Waals surface area contributed by atoms with Gasteiger partial charge in [-0.1, -0.05) is 215 Å². The van der Waals surface area contributed by atoms with Crippen LogP contribution in [0.5, 0.6) is 0 Å². The molecule has 0 heterocycles. The predicted molar refractivity (Wildman–Crippen MR) is 200 cm³/mol. The Labute approximate surface area is 308 Å². The zero-order valence-corrected chi connectivity index (χ0v) is 34.4. The number of aliphatic hydroxyl groups excluding tert-OH is 1. The Bertz CT molecular complexity index is 369. The van der Waals surface area contributed by atoms with Gasteiger partial charge in [-0.25, -0.2) is 0 Å². The van der Waals surface area contributed by atoms with Gasteiger partial charge in [-0.2, -0.15) is 0 Å². The third-order valence-corrected chi connectivity index (χ3v) is 8.48. The first-order valence-electron chi connectivity index (χ1n) is 20.0. The second kappa shape index (κ2) is 57.2. The van der Waals surface area contributed by atoms with Crippen molar-refractivity contribution in [2.45, 2.75) is 221 Å². The van der Waals surface area contributed by atoms with E-state index in [9.17, 15) is 0 Å². The molecule has 0 aliphatic heterocycles. The number of hydrogen-bond acceptors (Lipinski definition) is 1. The van der Waals surface area contributed by atoms with E-state index >= 15 is 0 Å². The Morgan fingerprint density at radius 1 is 0.378 bits per heavy atom. The fourth-order valence-corrected chi connectivity index (χ4v) is 5.16. The largest absolute Gasteiger partial charge is 3.00 e. The van der Waals surface area contributed by atoms with Gasteiger partial charge in [0.2, 0.25) is 0 Å². The third-order valence-electron chi connectivity index (χ3n) is 8.48. The van der Waals surface area contributed by atoms with E-state index in [1.165, 1.54) is 173 Å². The first-order chi connectivity index (χ1) is 21.2. The summed E-state index contributed by atoms with van der Waals surface area (Å²) in [4.78, 5) is 0. The van der Waals surface area contributed by atoms with E-state index < -0.39 is 0 Å². The monoisotopic (exact) mass is 694 g/mol. The SMILES string of the molecule is CCCCC(CC)CO.CCCCCCCC[N-]CCCCCCCC.CCCCCCCC[N-]CCCCCCCC.[Cl-].[Ti+3]. The summed E-state index contributed by atoms with van der Waals surface area (Å²) in [6.07, 6.45) is 38.1. The van der Waals surface area contributed by atoms with E-state index in [0.29, 0.717) is 12.5 Å². The van der Waals surface area contributed by atoms with Gasteiger partial charge in [-0.15, -0.1) is 26.2 Å². The van der Waals surface area contributed by atoms with E-state index in [0.717, 1.165) is 32.6 Å². The van der Waals surface area contributed by atoms with Gasteiger partial charge in [-0.3, -0.25) is 0 Å². The van der Waals surface area contributed by atoms with Crippen LogP contribution in [0.4, 0.5) is 0 Å². The van der Waals surface area contributed by atoms with Crippen molar-refractivity contribution >= 4 is 0 Å². The number of rotatable bonds is 33. The van der Waals surface area contributed by atoms with Crippen LogP contribution < -0.4 is 12.4 Å². The molecule has 273 valence electrons. The normalized spacial score (nSPS) is 11.0. The molecule has 0 spiro atoms. The fourth-order valence-electron chi connectivity index (χ4n) is 5.16. The van der Waals surface area contributed by atoms with Crippen LogP contribution in [0.25, 0.3) is 10.6 Å². The number of aliphatic hydroxyl groups is 1. The minimum absolute atomic E-state index is 0. The molecule has 1 atom stereocenters. The third kappa shape index (κ3) is 60.7. The number of hydrogen-bond donors (Lipinski definition) is 1. The molecule has 0 saturated carbocycles. The predicted octanol–water partition coefficient (Wildman–Crippen LogP) is 11.4. The summed E-state index contributed by atoms with van der Waals surface area (Å²) in [5.41, 5.74) is 0. The van der Waals surface area contributed by atoms with Crippen molar-refractivity contribution in [1.82, 2.24) is 0 Å². The summed E-state index contributed by atoms with van der Waals surface area (Å²) in [5, 5.41) is 18.0.